The van der Waals surface area contributed by atoms with Crippen LogP contribution in [0.3, 0.4) is 0 Å². The first-order chi connectivity index (χ1) is 12.6. The Labute approximate surface area is 159 Å². The van der Waals surface area contributed by atoms with Gasteiger partial charge in [0.2, 0.25) is 5.28 Å². The summed E-state index contributed by atoms with van der Waals surface area (Å²) in [5.74, 6) is 0.685. The summed E-state index contributed by atoms with van der Waals surface area (Å²) in [7, 11) is 0. The second kappa shape index (κ2) is 6.88. The molecule has 2 heterocycles. The van der Waals surface area contributed by atoms with Crippen molar-refractivity contribution in [1.82, 2.24) is 9.97 Å². The fourth-order valence-corrected chi connectivity index (χ4v) is 4.36. The van der Waals surface area contributed by atoms with Gasteiger partial charge in [-0.3, -0.25) is 9.80 Å². The minimum absolute atomic E-state index is 0.00318. The lowest BCUT2D eigenvalue weighted by atomic mass is 9.93. The fraction of sp³-hybridized carbons (Fsp3) is 0.450. The van der Waals surface area contributed by atoms with Gasteiger partial charge in [-0.1, -0.05) is 37.5 Å². The minimum Gasteiger partial charge on any atom is -0.289 e. The van der Waals surface area contributed by atoms with Gasteiger partial charge < -0.3 is 0 Å². The van der Waals surface area contributed by atoms with E-state index in [2.05, 4.69) is 35.9 Å². The summed E-state index contributed by atoms with van der Waals surface area (Å²) in [5.41, 5.74) is 4.13. The van der Waals surface area contributed by atoms with Gasteiger partial charge in [0.25, 0.3) is 0 Å². The van der Waals surface area contributed by atoms with Crippen LogP contribution in [0, 0.1) is 13.8 Å². The summed E-state index contributed by atoms with van der Waals surface area (Å²) in [4.78, 5) is 25.9. The van der Waals surface area contributed by atoms with Crippen LogP contribution in [-0.4, -0.2) is 22.0 Å². The van der Waals surface area contributed by atoms with E-state index in [0.717, 1.165) is 48.1 Å². The molecule has 0 atom stereocenters. The number of hydrogen-bond donors (Lipinski definition) is 0. The zero-order chi connectivity index (χ0) is 18.3. The van der Waals surface area contributed by atoms with Crippen LogP contribution in [0.15, 0.2) is 24.4 Å². The molecule has 1 aromatic carbocycles. The molecule has 0 radical (unpaired) electrons. The highest BCUT2D eigenvalue weighted by Gasteiger charge is 2.38. The quantitative estimate of drug-likeness (QED) is 0.697. The predicted molar refractivity (Wildman–Crippen MR) is 104 cm³/mol. The molecule has 2 amide bonds. The zero-order valence-corrected chi connectivity index (χ0v) is 16.0. The van der Waals surface area contributed by atoms with Crippen molar-refractivity contribution < 1.29 is 4.79 Å². The van der Waals surface area contributed by atoms with E-state index < -0.39 is 0 Å². The molecule has 136 valence electrons. The van der Waals surface area contributed by atoms with E-state index >= 15 is 0 Å². The highest BCUT2D eigenvalue weighted by atomic mass is 35.5. The number of carbonyl (C=O) groups excluding carboxylic acids is 1. The van der Waals surface area contributed by atoms with Gasteiger partial charge in [0.05, 0.1) is 12.2 Å². The van der Waals surface area contributed by atoms with Gasteiger partial charge in [-0.05, 0) is 49.4 Å². The van der Waals surface area contributed by atoms with Crippen molar-refractivity contribution in [1.29, 1.82) is 0 Å². The highest BCUT2D eigenvalue weighted by Crippen LogP contribution is 2.37. The number of halogens is 1. The van der Waals surface area contributed by atoms with Gasteiger partial charge >= 0.3 is 6.03 Å². The number of fused-ring (bicyclic) bond motifs is 1. The summed E-state index contributed by atoms with van der Waals surface area (Å²) < 4.78 is 0. The molecule has 0 N–H and O–H groups in total. The van der Waals surface area contributed by atoms with Crippen molar-refractivity contribution in [3.63, 3.8) is 0 Å². The molecule has 4 rings (SSSR count). The highest BCUT2D eigenvalue weighted by molar-refractivity contribution is 6.28. The summed E-state index contributed by atoms with van der Waals surface area (Å²) in [6, 6.07) is 6.30. The van der Waals surface area contributed by atoms with E-state index in [-0.39, 0.29) is 17.4 Å². The molecule has 1 aromatic heterocycles. The Hall–Kier alpha value is -2.14. The number of nitrogens with zero attached hydrogens (tertiary/aromatic N) is 4. The number of aromatic nitrogens is 2. The topological polar surface area (TPSA) is 49.3 Å². The Morgan fingerprint density at radius 1 is 1.12 bits per heavy atom. The number of hydrogen-bond acceptors (Lipinski definition) is 3. The number of para-hydroxylation sites is 1. The predicted octanol–water partition coefficient (Wildman–Crippen LogP) is 5.03. The first kappa shape index (κ1) is 17.3. The average Bonchev–Trinajstić information content (AvgIpc) is 2.63. The molecule has 1 aliphatic carbocycles. The molecule has 6 heteroatoms. The number of rotatable bonds is 2. The first-order valence-corrected chi connectivity index (χ1v) is 9.62. The minimum atomic E-state index is -0.00318. The van der Waals surface area contributed by atoms with Crippen molar-refractivity contribution in [2.24, 2.45) is 0 Å². The van der Waals surface area contributed by atoms with E-state index in [9.17, 15) is 4.79 Å². The Kier molecular flexibility index (Phi) is 4.57. The Balaban J connectivity index is 1.82. The van der Waals surface area contributed by atoms with Crippen molar-refractivity contribution >= 4 is 29.1 Å². The van der Waals surface area contributed by atoms with Gasteiger partial charge in [0.15, 0.2) is 0 Å². The van der Waals surface area contributed by atoms with Gasteiger partial charge in [0.1, 0.15) is 5.82 Å². The Morgan fingerprint density at radius 2 is 1.81 bits per heavy atom. The number of amides is 2. The van der Waals surface area contributed by atoms with Crippen LogP contribution < -0.4 is 9.80 Å². The molecule has 2 aromatic rings. The molecule has 0 saturated heterocycles. The fourth-order valence-electron chi connectivity index (χ4n) is 4.23. The SMILES string of the molecule is Cc1cccc(C)c1N1Cc2cnc(Cl)nc2N(C2CCCCC2)C1=O. The number of aryl methyl sites for hydroxylation is 2. The van der Waals surface area contributed by atoms with Crippen LogP contribution in [0.4, 0.5) is 16.3 Å². The number of benzene rings is 1. The second-order valence-electron chi connectivity index (χ2n) is 7.26. The maximum Gasteiger partial charge on any atom is 0.330 e. The Morgan fingerprint density at radius 3 is 2.50 bits per heavy atom. The van der Waals surface area contributed by atoms with Crippen LogP contribution in [0.2, 0.25) is 5.28 Å². The van der Waals surface area contributed by atoms with E-state index in [1.165, 1.54) is 6.42 Å². The third-order valence-corrected chi connectivity index (χ3v) is 5.64. The molecule has 0 bridgehead atoms. The van der Waals surface area contributed by atoms with Crippen molar-refractivity contribution in [2.45, 2.75) is 58.5 Å². The lowest BCUT2D eigenvalue weighted by Gasteiger charge is -2.42. The lowest BCUT2D eigenvalue weighted by Crippen LogP contribution is -2.53. The second-order valence-corrected chi connectivity index (χ2v) is 7.60. The summed E-state index contributed by atoms with van der Waals surface area (Å²) in [6.45, 7) is 4.57. The van der Waals surface area contributed by atoms with Crippen LogP contribution in [0.25, 0.3) is 0 Å². The number of carbonyl (C=O) groups is 1. The van der Waals surface area contributed by atoms with Crippen LogP contribution in [0.1, 0.15) is 48.8 Å². The summed E-state index contributed by atoms with van der Waals surface area (Å²) in [5, 5.41) is 0.192. The molecule has 26 heavy (non-hydrogen) atoms. The van der Waals surface area contributed by atoms with Crippen molar-refractivity contribution in [3.8, 4) is 0 Å². The smallest absolute Gasteiger partial charge is 0.289 e. The molecular formula is C20H23ClN4O. The van der Waals surface area contributed by atoms with Gasteiger partial charge in [0, 0.05) is 17.8 Å². The maximum absolute atomic E-state index is 13.6. The number of anilines is 2. The molecule has 0 spiro atoms. The summed E-state index contributed by atoms with van der Waals surface area (Å²) in [6.07, 6.45) is 7.29. The molecular weight excluding hydrogens is 348 g/mol. The molecule has 1 saturated carbocycles. The lowest BCUT2D eigenvalue weighted by molar-refractivity contribution is 0.244. The van der Waals surface area contributed by atoms with Gasteiger partial charge in [-0.2, -0.15) is 4.98 Å². The molecule has 1 aliphatic heterocycles. The number of urea groups is 1. The molecule has 0 unspecified atom stereocenters. The third-order valence-electron chi connectivity index (χ3n) is 5.46. The molecule has 5 nitrogen and oxygen atoms in total. The van der Waals surface area contributed by atoms with Crippen LogP contribution in [-0.2, 0) is 6.54 Å². The monoisotopic (exact) mass is 370 g/mol. The van der Waals surface area contributed by atoms with Gasteiger partial charge in [-0.15, -0.1) is 0 Å². The van der Waals surface area contributed by atoms with Crippen molar-refractivity contribution in [2.75, 3.05) is 9.80 Å². The van der Waals surface area contributed by atoms with Crippen LogP contribution in [0.5, 0.6) is 0 Å². The van der Waals surface area contributed by atoms with Crippen LogP contribution >= 0.6 is 11.6 Å². The molecule has 2 aliphatic rings. The van der Waals surface area contributed by atoms with Crippen molar-refractivity contribution in [3.05, 3.63) is 46.4 Å². The Bertz CT molecular complexity index is 827. The van der Waals surface area contributed by atoms with E-state index in [1.54, 1.807) is 6.20 Å². The average molecular weight is 371 g/mol. The first-order valence-electron chi connectivity index (χ1n) is 9.24. The van der Waals surface area contributed by atoms with E-state index in [4.69, 9.17) is 11.6 Å². The van der Waals surface area contributed by atoms with E-state index in [1.807, 2.05) is 15.9 Å². The zero-order valence-electron chi connectivity index (χ0n) is 15.2. The molecule has 1 fully saturated rings. The third kappa shape index (κ3) is 2.94. The van der Waals surface area contributed by atoms with E-state index in [0.29, 0.717) is 12.4 Å². The normalized spacial score (nSPS) is 18.2. The van der Waals surface area contributed by atoms with Gasteiger partial charge in [-0.25, -0.2) is 9.78 Å². The maximum atomic E-state index is 13.6. The standard InChI is InChI=1S/C20H23ClN4O/c1-13-7-6-8-14(2)17(13)24-12-15-11-22-19(21)23-18(15)25(20(24)26)16-9-4-3-5-10-16/h6-8,11,16H,3-5,9-10,12H2,1-2H3. The largest absolute Gasteiger partial charge is 0.330 e. The summed E-state index contributed by atoms with van der Waals surface area (Å²) >= 11 is 6.06.